The molecule has 0 amide bonds. The molecule has 0 radical (unpaired) electrons. The van der Waals surface area contributed by atoms with Crippen molar-refractivity contribution in [2.75, 3.05) is 50.8 Å². The molecular formula is C19H25N3O3S. The number of anilines is 1. The molecule has 0 saturated carbocycles. The minimum absolute atomic E-state index is 0.528. The van der Waals surface area contributed by atoms with Crippen molar-refractivity contribution in [3.8, 4) is 11.5 Å². The number of β-amino-alcohol motifs (C(OH)–C–C–N with tert-alkyl or cyclic N) is 1. The monoisotopic (exact) mass is 375 g/mol. The molecule has 6 nitrogen and oxygen atoms in total. The van der Waals surface area contributed by atoms with Gasteiger partial charge in [-0.2, -0.15) is 0 Å². The summed E-state index contributed by atoms with van der Waals surface area (Å²) in [5.74, 6) is 1.49. The Morgan fingerprint density at radius 1 is 1.15 bits per heavy atom. The van der Waals surface area contributed by atoms with Gasteiger partial charge < -0.3 is 19.5 Å². The van der Waals surface area contributed by atoms with E-state index in [2.05, 4.69) is 20.2 Å². The second kappa shape index (κ2) is 7.82. The zero-order valence-corrected chi connectivity index (χ0v) is 15.9. The summed E-state index contributed by atoms with van der Waals surface area (Å²) >= 11 is 1.71. The molecule has 1 fully saturated rings. The summed E-state index contributed by atoms with van der Waals surface area (Å²) < 4.78 is 11.2. The first-order chi connectivity index (χ1) is 12.7. The van der Waals surface area contributed by atoms with Gasteiger partial charge in [-0.05, 0) is 31.0 Å². The third-order valence-corrected chi connectivity index (χ3v) is 5.87. The Kier molecular flexibility index (Phi) is 5.28. The van der Waals surface area contributed by atoms with E-state index in [9.17, 15) is 5.11 Å². The van der Waals surface area contributed by atoms with E-state index < -0.39 is 6.10 Å². The molecule has 1 unspecified atom stereocenters. The summed E-state index contributed by atoms with van der Waals surface area (Å²) in [6.07, 6.45) is 0.548. The predicted octanol–water partition coefficient (Wildman–Crippen LogP) is 2.47. The number of nitrogens with zero attached hydrogens (tertiary/aromatic N) is 3. The van der Waals surface area contributed by atoms with Gasteiger partial charge in [0.05, 0.1) is 11.8 Å². The lowest BCUT2D eigenvalue weighted by Crippen LogP contribution is -2.33. The van der Waals surface area contributed by atoms with Crippen LogP contribution in [0.15, 0.2) is 23.6 Å². The van der Waals surface area contributed by atoms with E-state index in [0.29, 0.717) is 19.8 Å². The molecule has 0 spiro atoms. The molecule has 3 heterocycles. The molecule has 1 N–H and O–H groups in total. The number of hydrogen-bond donors (Lipinski definition) is 1. The number of ether oxygens (including phenoxy) is 2. The summed E-state index contributed by atoms with van der Waals surface area (Å²) in [6, 6.07) is 5.73. The van der Waals surface area contributed by atoms with E-state index in [4.69, 9.17) is 9.47 Å². The summed E-state index contributed by atoms with van der Waals surface area (Å²) in [5.41, 5.74) is 1.96. The van der Waals surface area contributed by atoms with Crippen molar-refractivity contribution in [3.63, 3.8) is 0 Å². The standard InChI is InChI=1S/C19H25N3O3S/c1-14-13-26-19(20-14)22-6-2-5-21(7-8-22)12-16(23)15-3-4-17-18(11-15)25-10-9-24-17/h3-4,11,13,16,23H,2,5-10,12H2,1H3. The number of aliphatic hydroxyl groups excluding tert-OH is 1. The van der Waals surface area contributed by atoms with E-state index in [1.165, 1.54) is 0 Å². The van der Waals surface area contributed by atoms with Crippen LogP contribution in [0.2, 0.25) is 0 Å². The Labute approximate surface area is 158 Å². The van der Waals surface area contributed by atoms with Crippen LogP contribution in [0.4, 0.5) is 5.13 Å². The van der Waals surface area contributed by atoms with Crippen LogP contribution in [0, 0.1) is 6.92 Å². The second-order valence-corrected chi connectivity index (χ2v) is 7.67. The lowest BCUT2D eigenvalue weighted by molar-refractivity contribution is 0.116. The minimum atomic E-state index is -0.528. The van der Waals surface area contributed by atoms with Crippen molar-refractivity contribution in [1.29, 1.82) is 0 Å². The third-order valence-electron chi connectivity index (χ3n) is 4.85. The van der Waals surface area contributed by atoms with Crippen LogP contribution < -0.4 is 14.4 Å². The Morgan fingerprint density at radius 3 is 2.81 bits per heavy atom. The average Bonchev–Trinajstić information content (AvgIpc) is 2.96. The quantitative estimate of drug-likeness (QED) is 0.886. The molecule has 140 valence electrons. The molecule has 1 saturated heterocycles. The molecule has 2 aliphatic rings. The average molecular weight is 375 g/mol. The lowest BCUT2D eigenvalue weighted by Gasteiger charge is -2.25. The van der Waals surface area contributed by atoms with Crippen molar-refractivity contribution in [3.05, 3.63) is 34.8 Å². The van der Waals surface area contributed by atoms with E-state index in [-0.39, 0.29) is 0 Å². The maximum atomic E-state index is 10.7. The lowest BCUT2D eigenvalue weighted by atomic mass is 10.1. The number of hydrogen-bond acceptors (Lipinski definition) is 7. The highest BCUT2D eigenvalue weighted by Crippen LogP contribution is 2.33. The van der Waals surface area contributed by atoms with Crippen LogP contribution in [0.5, 0.6) is 11.5 Å². The fourth-order valence-electron chi connectivity index (χ4n) is 3.45. The zero-order chi connectivity index (χ0) is 17.9. The summed E-state index contributed by atoms with van der Waals surface area (Å²) in [7, 11) is 0. The molecule has 0 aliphatic carbocycles. The van der Waals surface area contributed by atoms with Crippen LogP contribution in [-0.2, 0) is 0 Å². The number of thiazole rings is 1. The Bertz CT molecular complexity index is 751. The molecule has 4 rings (SSSR count). The van der Waals surface area contributed by atoms with Gasteiger partial charge in [0.1, 0.15) is 13.2 Å². The van der Waals surface area contributed by atoms with Gasteiger partial charge in [0, 0.05) is 38.1 Å². The number of rotatable bonds is 4. The molecule has 2 aromatic rings. The van der Waals surface area contributed by atoms with Crippen molar-refractivity contribution in [2.24, 2.45) is 0 Å². The maximum absolute atomic E-state index is 10.7. The van der Waals surface area contributed by atoms with E-state index >= 15 is 0 Å². The first-order valence-corrected chi connectivity index (χ1v) is 10.0. The predicted molar refractivity (Wildman–Crippen MR) is 103 cm³/mol. The van der Waals surface area contributed by atoms with Gasteiger partial charge in [0.15, 0.2) is 16.6 Å². The normalized spacial score (nSPS) is 19.2. The van der Waals surface area contributed by atoms with Crippen LogP contribution in [0.3, 0.4) is 0 Å². The van der Waals surface area contributed by atoms with Gasteiger partial charge in [-0.3, -0.25) is 4.90 Å². The van der Waals surface area contributed by atoms with E-state index in [0.717, 1.165) is 60.5 Å². The highest BCUT2D eigenvalue weighted by Gasteiger charge is 2.21. The molecule has 1 aromatic carbocycles. The first kappa shape index (κ1) is 17.6. The fraction of sp³-hybridized carbons (Fsp3) is 0.526. The third kappa shape index (κ3) is 3.95. The smallest absolute Gasteiger partial charge is 0.185 e. The zero-order valence-electron chi connectivity index (χ0n) is 15.1. The summed E-state index contributed by atoms with van der Waals surface area (Å²) in [4.78, 5) is 9.29. The van der Waals surface area contributed by atoms with Gasteiger partial charge in [-0.15, -0.1) is 11.3 Å². The number of aromatic nitrogens is 1. The van der Waals surface area contributed by atoms with Crippen molar-refractivity contribution in [1.82, 2.24) is 9.88 Å². The number of benzene rings is 1. The Balaban J connectivity index is 1.36. The second-order valence-electron chi connectivity index (χ2n) is 6.83. The van der Waals surface area contributed by atoms with Crippen LogP contribution in [-0.4, -0.2) is 60.9 Å². The first-order valence-electron chi connectivity index (χ1n) is 9.16. The summed E-state index contributed by atoms with van der Waals surface area (Å²) in [6.45, 7) is 7.69. The van der Waals surface area contributed by atoms with Crippen LogP contribution >= 0.6 is 11.3 Å². The van der Waals surface area contributed by atoms with Crippen molar-refractivity contribution >= 4 is 16.5 Å². The van der Waals surface area contributed by atoms with Crippen molar-refractivity contribution < 1.29 is 14.6 Å². The highest BCUT2D eigenvalue weighted by molar-refractivity contribution is 7.13. The number of fused-ring (bicyclic) bond motifs is 1. The highest BCUT2D eigenvalue weighted by atomic mass is 32.1. The Hall–Kier alpha value is -1.83. The van der Waals surface area contributed by atoms with Gasteiger partial charge in [-0.25, -0.2) is 4.98 Å². The van der Waals surface area contributed by atoms with Gasteiger partial charge in [0.2, 0.25) is 0 Å². The van der Waals surface area contributed by atoms with Crippen molar-refractivity contribution in [2.45, 2.75) is 19.4 Å². The largest absolute Gasteiger partial charge is 0.486 e. The molecule has 0 bridgehead atoms. The minimum Gasteiger partial charge on any atom is -0.486 e. The summed E-state index contributed by atoms with van der Waals surface area (Å²) in [5, 5.41) is 13.9. The molecular weight excluding hydrogens is 350 g/mol. The number of aliphatic hydroxyl groups is 1. The van der Waals surface area contributed by atoms with Crippen LogP contribution in [0.1, 0.15) is 23.8 Å². The SMILES string of the molecule is Cc1csc(N2CCCN(CC(O)c3ccc4c(c3)OCCO4)CC2)n1. The Morgan fingerprint density at radius 2 is 2.00 bits per heavy atom. The van der Waals surface area contributed by atoms with Gasteiger partial charge in [0.25, 0.3) is 0 Å². The van der Waals surface area contributed by atoms with Gasteiger partial charge >= 0.3 is 0 Å². The van der Waals surface area contributed by atoms with Crippen LogP contribution in [0.25, 0.3) is 0 Å². The van der Waals surface area contributed by atoms with E-state index in [1.807, 2.05) is 25.1 Å². The molecule has 26 heavy (non-hydrogen) atoms. The van der Waals surface area contributed by atoms with E-state index in [1.54, 1.807) is 11.3 Å². The fourth-order valence-corrected chi connectivity index (χ4v) is 4.31. The maximum Gasteiger partial charge on any atom is 0.185 e. The molecule has 1 aromatic heterocycles. The topological polar surface area (TPSA) is 58.1 Å². The molecule has 1 atom stereocenters. The molecule has 2 aliphatic heterocycles. The molecule has 7 heteroatoms. The van der Waals surface area contributed by atoms with Gasteiger partial charge in [-0.1, -0.05) is 6.07 Å². The number of aryl methyl sites for hydroxylation is 1.